The minimum absolute atomic E-state index is 0.0917. The first-order valence-electron chi connectivity index (χ1n) is 11.2. The zero-order valence-corrected chi connectivity index (χ0v) is 18.1. The fourth-order valence-corrected chi connectivity index (χ4v) is 3.97. The number of anilines is 1. The van der Waals surface area contributed by atoms with E-state index in [-0.39, 0.29) is 12.1 Å². The zero-order chi connectivity index (χ0) is 21.5. The van der Waals surface area contributed by atoms with Crippen LogP contribution in [0.2, 0.25) is 0 Å². The second-order valence-electron chi connectivity index (χ2n) is 7.95. The van der Waals surface area contributed by atoms with E-state index in [0.717, 1.165) is 54.8 Å². The van der Waals surface area contributed by atoms with E-state index in [4.69, 9.17) is 4.74 Å². The van der Waals surface area contributed by atoms with Crippen LogP contribution in [0.1, 0.15) is 53.8 Å². The maximum Gasteiger partial charge on any atom is 0.257 e. The average Bonchev–Trinajstić information content (AvgIpc) is 2.82. The number of benzene rings is 3. The molecule has 0 saturated heterocycles. The molecule has 1 amide bonds. The highest BCUT2D eigenvalue weighted by atomic mass is 16.5. The monoisotopic (exact) mass is 414 g/mol. The molecule has 0 spiro atoms. The summed E-state index contributed by atoms with van der Waals surface area (Å²) >= 11 is 0. The fraction of sp³-hybridized carbons (Fsp3) is 0.296. The number of amides is 1. The molecule has 4 rings (SSSR count). The number of fused-ring (bicyclic) bond motifs is 1. The number of aryl methyl sites for hydroxylation is 1. The molecule has 1 aliphatic heterocycles. The molecule has 0 bridgehead atoms. The molecule has 0 radical (unpaired) electrons. The van der Waals surface area contributed by atoms with E-state index < -0.39 is 0 Å². The van der Waals surface area contributed by atoms with E-state index in [1.54, 1.807) is 0 Å². The normalized spacial score (nSPS) is 15.3. The lowest BCUT2D eigenvalue weighted by Gasteiger charge is -2.38. The van der Waals surface area contributed by atoms with Gasteiger partial charge in [0.2, 0.25) is 0 Å². The van der Waals surface area contributed by atoms with Crippen LogP contribution >= 0.6 is 0 Å². The third-order valence-electron chi connectivity index (χ3n) is 5.69. The summed E-state index contributed by atoms with van der Waals surface area (Å²) in [5.41, 5.74) is 4.04. The summed E-state index contributed by atoms with van der Waals surface area (Å²) < 4.78 is 5.94. The molecule has 31 heavy (non-hydrogen) atoms. The highest BCUT2D eigenvalue weighted by Crippen LogP contribution is 2.33. The molecule has 1 unspecified atom stereocenters. The summed E-state index contributed by atoms with van der Waals surface area (Å²) in [6, 6.07) is 26.4. The molecule has 3 aromatic carbocycles. The molecular formula is C27H30N2O2. The Balaban J connectivity index is 1.41. The molecule has 1 aliphatic rings. The third-order valence-corrected chi connectivity index (χ3v) is 5.69. The van der Waals surface area contributed by atoms with Gasteiger partial charge in [-0.15, -0.1) is 0 Å². The summed E-state index contributed by atoms with van der Waals surface area (Å²) in [5.74, 6) is 0.952. The van der Waals surface area contributed by atoms with Crippen LogP contribution in [0.4, 0.5) is 5.69 Å². The van der Waals surface area contributed by atoms with Crippen LogP contribution in [0.5, 0.6) is 5.75 Å². The second kappa shape index (κ2) is 10.2. The van der Waals surface area contributed by atoms with Crippen molar-refractivity contribution in [2.75, 3.05) is 18.5 Å². The Morgan fingerprint density at radius 3 is 2.42 bits per heavy atom. The first-order valence-corrected chi connectivity index (χ1v) is 11.2. The molecule has 0 aliphatic carbocycles. The van der Waals surface area contributed by atoms with Gasteiger partial charge in [0.05, 0.1) is 12.2 Å². The van der Waals surface area contributed by atoms with Crippen LogP contribution in [0.25, 0.3) is 0 Å². The van der Waals surface area contributed by atoms with E-state index in [1.807, 2.05) is 47.4 Å². The quantitative estimate of drug-likeness (QED) is 0.432. The van der Waals surface area contributed by atoms with Gasteiger partial charge < -0.3 is 15.0 Å². The number of unbranched alkanes of at least 4 members (excludes halogenated alkanes) is 1. The number of carbonyl (C=O) groups is 1. The van der Waals surface area contributed by atoms with Crippen molar-refractivity contribution in [3.05, 3.63) is 95.6 Å². The van der Waals surface area contributed by atoms with Gasteiger partial charge in [-0.1, -0.05) is 67.9 Å². The van der Waals surface area contributed by atoms with Gasteiger partial charge in [0, 0.05) is 12.2 Å². The van der Waals surface area contributed by atoms with E-state index in [2.05, 4.69) is 48.6 Å². The van der Waals surface area contributed by atoms with Crippen LogP contribution in [0.3, 0.4) is 0 Å². The van der Waals surface area contributed by atoms with Gasteiger partial charge in [0.25, 0.3) is 5.91 Å². The van der Waals surface area contributed by atoms with Gasteiger partial charge in [-0.2, -0.15) is 0 Å². The number of nitrogens with zero attached hydrogens (tertiary/aromatic N) is 1. The summed E-state index contributed by atoms with van der Waals surface area (Å²) in [7, 11) is 0. The number of hydrogen-bond acceptors (Lipinski definition) is 3. The highest BCUT2D eigenvalue weighted by Gasteiger charge is 2.32. The van der Waals surface area contributed by atoms with Crippen molar-refractivity contribution in [2.24, 2.45) is 0 Å². The Labute approximate surface area is 184 Å². The first-order chi connectivity index (χ1) is 15.3. The van der Waals surface area contributed by atoms with Gasteiger partial charge in [0.15, 0.2) is 0 Å². The molecule has 0 saturated carbocycles. The molecule has 0 aromatic heterocycles. The lowest BCUT2D eigenvalue weighted by Crippen LogP contribution is -2.43. The van der Waals surface area contributed by atoms with Gasteiger partial charge in [-0.25, -0.2) is 0 Å². The Morgan fingerprint density at radius 1 is 0.903 bits per heavy atom. The summed E-state index contributed by atoms with van der Waals surface area (Å²) in [5, 5.41) is 3.56. The predicted molar refractivity (Wildman–Crippen MR) is 125 cm³/mol. The number of para-hydroxylation sites is 1. The third kappa shape index (κ3) is 5.08. The Morgan fingerprint density at radius 2 is 1.65 bits per heavy atom. The molecule has 0 fully saturated rings. The Hall–Kier alpha value is -3.27. The van der Waals surface area contributed by atoms with E-state index in [0.29, 0.717) is 6.61 Å². The lowest BCUT2D eigenvalue weighted by atomic mass is 10.0. The summed E-state index contributed by atoms with van der Waals surface area (Å²) in [6.45, 7) is 3.57. The lowest BCUT2D eigenvalue weighted by molar-refractivity contribution is 0.0680. The molecule has 1 heterocycles. The second-order valence-corrected chi connectivity index (χ2v) is 7.95. The van der Waals surface area contributed by atoms with Crippen molar-refractivity contribution >= 4 is 11.6 Å². The first kappa shape index (κ1) is 21.0. The average molecular weight is 415 g/mol. The van der Waals surface area contributed by atoms with Gasteiger partial charge in [0.1, 0.15) is 11.9 Å². The Bertz CT molecular complexity index is 986. The molecular weight excluding hydrogens is 384 g/mol. The van der Waals surface area contributed by atoms with E-state index >= 15 is 0 Å². The molecule has 160 valence electrons. The zero-order valence-electron chi connectivity index (χ0n) is 18.1. The van der Waals surface area contributed by atoms with Crippen molar-refractivity contribution in [1.82, 2.24) is 4.90 Å². The van der Waals surface area contributed by atoms with Crippen molar-refractivity contribution in [3.63, 3.8) is 0 Å². The number of carbonyl (C=O) groups excluding carboxylic acids is 1. The maximum absolute atomic E-state index is 13.1. The minimum atomic E-state index is -0.166. The highest BCUT2D eigenvalue weighted by molar-refractivity contribution is 6.01. The van der Waals surface area contributed by atoms with E-state index in [9.17, 15) is 4.79 Å². The van der Waals surface area contributed by atoms with Crippen molar-refractivity contribution < 1.29 is 9.53 Å². The van der Waals surface area contributed by atoms with E-state index in [1.165, 1.54) is 5.56 Å². The number of ether oxygens (including phenoxy) is 1. The van der Waals surface area contributed by atoms with Gasteiger partial charge in [-0.3, -0.25) is 4.79 Å². The fourth-order valence-electron chi connectivity index (χ4n) is 3.97. The van der Waals surface area contributed by atoms with Crippen LogP contribution in [0.15, 0.2) is 78.9 Å². The van der Waals surface area contributed by atoms with Crippen LogP contribution in [-0.4, -0.2) is 24.0 Å². The molecule has 3 aromatic rings. The van der Waals surface area contributed by atoms with Gasteiger partial charge >= 0.3 is 0 Å². The molecule has 1 atom stereocenters. The van der Waals surface area contributed by atoms with Crippen molar-refractivity contribution in [1.29, 1.82) is 0 Å². The maximum atomic E-state index is 13.1. The Kier molecular flexibility index (Phi) is 6.88. The van der Waals surface area contributed by atoms with Crippen LogP contribution < -0.4 is 10.1 Å². The number of rotatable bonds is 9. The summed E-state index contributed by atoms with van der Waals surface area (Å²) in [4.78, 5) is 15.1. The smallest absolute Gasteiger partial charge is 0.257 e. The largest absolute Gasteiger partial charge is 0.494 e. The van der Waals surface area contributed by atoms with Crippen LogP contribution in [-0.2, 0) is 6.42 Å². The van der Waals surface area contributed by atoms with Gasteiger partial charge in [-0.05, 0) is 54.7 Å². The van der Waals surface area contributed by atoms with Crippen molar-refractivity contribution in [2.45, 2.75) is 38.8 Å². The molecule has 1 N–H and O–H groups in total. The predicted octanol–water partition coefficient (Wildman–Crippen LogP) is 6.06. The van der Waals surface area contributed by atoms with Crippen LogP contribution in [0, 0.1) is 0 Å². The van der Waals surface area contributed by atoms with Crippen molar-refractivity contribution in [3.8, 4) is 5.75 Å². The minimum Gasteiger partial charge on any atom is -0.494 e. The SMILES string of the molecule is CCCCN1C(=O)c2ccccc2NC1c1ccc(OCCCc2ccccc2)cc1. The number of hydrogen-bond donors (Lipinski definition) is 1. The summed E-state index contributed by atoms with van der Waals surface area (Å²) in [6.07, 6.45) is 3.86. The molecule has 4 heteroatoms. The molecule has 4 nitrogen and oxygen atoms in total. The topological polar surface area (TPSA) is 41.6 Å². The standard InChI is InChI=1S/C27H30N2O2/c1-2-3-19-29-26(28-25-14-8-7-13-24(25)27(29)30)22-15-17-23(18-16-22)31-20-9-12-21-10-5-4-6-11-21/h4-8,10-11,13-18,26,28H,2-3,9,12,19-20H2,1H3. The number of nitrogens with one attached hydrogen (secondary N) is 1.